The number of hydrogen-bond acceptors (Lipinski definition) is 3. The van der Waals surface area contributed by atoms with Crippen LogP contribution in [0, 0.1) is 6.92 Å². The molecule has 5 heteroatoms. The Kier molecular flexibility index (Phi) is 5.88. The monoisotopic (exact) mass is 333 g/mol. The maximum Gasteiger partial charge on any atom is 0.224 e. The molecule has 1 amide bonds. The zero-order chi connectivity index (χ0) is 16.8. The van der Waals surface area contributed by atoms with E-state index in [9.17, 15) is 4.79 Å². The first-order chi connectivity index (χ1) is 11.0. The first-order valence-electron chi connectivity index (χ1n) is 7.30. The van der Waals surface area contributed by atoms with Gasteiger partial charge < -0.3 is 14.8 Å². The van der Waals surface area contributed by atoms with Gasteiger partial charge in [0.1, 0.15) is 0 Å². The van der Waals surface area contributed by atoms with Crippen LogP contribution in [0.2, 0.25) is 5.02 Å². The molecule has 0 heterocycles. The van der Waals surface area contributed by atoms with E-state index < -0.39 is 0 Å². The summed E-state index contributed by atoms with van der Waals surface area (Å²) in [5.74, 6) is 1.14. The molecule has 0 fully saturated rings. The highest BCUT2D eigenvalue weighted by Crippen LogP contribution is 2.29. The lowest BCUT2D eigenvalue weighted by atomic mass is 10.1. The molecular formula is C18H20ClNO3. The Morgan fingerprint density at radius 3 is 2.48 bits per heavy atom. The van der Waals surface area contributed by atoms with Crippen LogP contribution in [0.3, 0.4) is 0 Å². The topological polar surface area (TPSA) is 47.6 Å². The Morgan fingerprint density at radius 1 is 1.09 bits per heavy atom. The quantitative estimate of drug-likeness (QED) is 0.860. The number of rotatable bonds is 6. The Hall–Kier alpha value is -2.20. The molecule has 2 aromatic rings. The lowest BCUT2D eigenvalue weighted by Gasteiger charge is -2.10. The Labute approximate surface area is 141 Å². The van der Waals surface area contributed by atoms with Crippen LogP contribution >= 0.6 is 11.6 Å². The number of carbonyl (C=O) groups excluding carboxylic acids is 1. The molecule has 2 rings (SSSR count). The van der Waals surface area contributed by atoms with Gasteiger partial charge >= 0.3 is 0 Å². The van der Waals surface area contributed by atoms with E-state index >= 15 is 0 Å². The van der Waals surface area contributed by atoms with Crippen molar-refractivity contribution in [2.45, 2.75) is 19.8 Å². The Balaban J connectivity index is 1.95. The number of anilines is 1. The van der Waals surface area contributed by atoms with E-state index in [1.54, 1.807) is 32.4 Å². The van der Waals surface area contributed by atoms with Crippen LogP contribution in [0.5, 0.6) is 11.5 Å². The van der Waals surface area contributed by atoms with Crippen molar-refractivity contribution >= 4 is 23.2 Å². The smallest absolute Gasteiger partial charge is 0.224 e. The third-order valence-electron chi connectivity index (χ3n) is 3.54. The van der Waals surface area contributed by atoms with Crippen LogP contribution in [0.15, 0.2) is 36.4 Å². The molecule has 0 aliphatic heterocycles. The van der Waals surface area contributed by atoms with Gasteiger partial charge in [-0.05, 0) is 42.7 Å². The second-order valence-electron chi connectivity index (χ2n) is 5.20. The molecular weight excluding hydrogens is 314 g/mol. The van der Waals surface area contributed by atoms with Crippen LogP contribution < -0.4 is 14.8 Å². The summed E-state index contributed by atoms with van der Waals surface area (Å²) in [7, 11) is 3.13. The number of methoxy groups -OCH3 is 2. The normalized spacial score (nSPS) is 10.3. The molecule has 23 heavy (non-hydrogen) atoms. The lowest BCUT2D eigenvalue weighted by molar-refractivity contribution is -0.116. The number of nitrogens with one attached hydrogen (secondary N) is 1. The summed E-state index contributed by atoms with van der Waals surface area (Å²) in [4.78, 5) is 12.1. The van der Waals surface area contributed by atoms with Gasteiger partial charge in [0.15, 0.2) is 11.5 Å². The van der Waals surface area contributed by atoms with Crippen molar-refractivity contribution in [2.24, 2.45) is 0 Å². The van der Waals surface area contributed by atoms with Crippen molar-refractivity contribution < 1.29 is 14.3 Å². The summed E-state index contributed by atoms with van der Waals surface area (Å²) < 4.78 is 10.4. The molecule has 122 valence electrons. The van der Waals surface area contributed by atoms with E-state index in [4.69, 9.17) is 21.1 Å². The summed E-state index contributed by atoms with van der Waals surface area (Å²) in [5, 5.41) is 3.58. The number of carbonyl (C=O) groups is 1. The first kappa shape index (κ1) is 17.2. The summed E-state index contributed by atoms with van der Waals surface area (Å²) in [5.41, 5.74) is 2.75. The van der Waals surface area contributed by atoms with Gasteiger partial charge in [-0.1, -0.05) is 23.7 Å². The number of hydrogen-bond donors (Lipinski definition) is 1. The molecule has 4 nitrogen and oxygen atoms in total. The third kappa shape index (κ3) is 4.63. The van der Waals surface area contributed by atoms with Crippen LogP contribution in [0.25, 0.3) is 0 Å². The van der Waals surface area contributed by atoms with Crippen molar-refractivity contribution in [2.75, 3.05) is 19.5 Å². The van der Waals surface area contributed by atoms with Gasteiger partial charge in [0.05, 0.1) is 14.2 Å². The zero-order valence-corrected chi connectivity index (χ0v) is 14.2. The average Bonchev–Trinajstić information content (AvgIpc) is 2.55. The van der Waals surface area contributed by atoms with Crippen LogP contribution in [0.4, 0.5) is 5.69 Å². The number of benzene rings is 2. The van der Waals surface area contributed by atoms with Gasteiger partial charge in [-0.25, -0.2) is 0 Å². The van der Waals surface area contributed by atoms with E-state index in [0.29, 0.717) is 30.0 Å². The van der Waals surface area contributed by atoms with Crippen LogP contribution in [-0.4, -0.2) is 20.1 Å². The SMILES string of the molecule is COc1ccc(NC(=O)CCc2ccc(C)c(Cl)c2)cc1OC. The summed E-state index contributed by atoms with van der Waals surface area (Å²) in [6, 6.07) is 11.1. The van der Waals surface area contributed by atoms with Crippen molar-refractivity contribution in [3.8, 4) is 11.5 Å². The van der Waals surface area contributed by atoms with Crippen LogP contribution in [-0.2, 0) is 11.2 Å². The molecule has 0 atom stereocenters. The highest BCUT2D eigenvalue weighted by atomic mass is 35.5. The largest absolute Gasteiger partial charge is 0.493 e. The van der Waals surface area contributed by atoms with Gasteiger partial charge in [-0.15, -0.1) is 0 Å². The van der Waals surface area contributed by atoms with Gasteiger partial charge in [-0.2, -0.15) is 0 Å². The lowest BCUT2D eigenvalue weighted by Crippen LogP contribution is -2.12. The van der Waals surface area contributed by atoms with E-state index in [1.165, 1.54) is 0 Å². The molecule has 0 radical (unpaired) electrons. The molecule has 0 aliphatic carbocycles. The van der Waals surface area contributed by atoms with Gasteiger partial charge in [0.2, 0.25) is 5.91 Å². The molecule has 0 saturated heterocycles. The maximum absolute atomic E-state index is 12.1. The molecule has 0 spiro atoms. The standard InChI is InChI=1S/C18H20ClNO3/c1-12-4-5-13(10-15(12)19)6-9-18(21)20-14-7-8-16(22-2)17(11-14)23-3/h4-5,7-8,10-11H,6,9H2,1-3H3,(H,20,21). The van der Waals surface area contributed by atoms with Crippen molar-refractivity contribution in [1.82, 2.24) is 0 Å². The second kappa shape index (κ2) is 7.88. The molecule has 2 aromatic carbocycles. The minimum atomic E-state index is -0.0612. The van der Waals surface area contributed by atoms with Crippen molar-refractivity contribution in [1.29, 1.82) is 0 Å². The Morgan fingerprint density at radius 2 is 1.83 bits per heavy atom. The molecule has 1 N–H and O–H groups in total. The molecule has 0 saturated carbocycles. The fourth-order valence-corrected chi connectivity index (χ4v) is 2.39. The molecule has 0 bridgehead atoms. The van der Waals surface area contributed by atoms with Crippen molar-refractivity contribution in [3.05, 3.63) is 52.5 Å². The van der Waals surface area contributed by atoms with Gasteiger partial charge in [0, 0.05) is 23.2 Å². The predicted molar refractivity (Wildman–Crippen MR) is 92.7 cm³/mol. The third-order valence-corrected chi connectivity index (χ3v) is 3.95. The highest BCUT2D eigenvalue weighted by Gasteiger charge is 2.08. The van der Waals surface area contributed by atoms with Crippen molar-refractivity contribution in [3.63, 3.8) is 0 Å². The zero-order valence-electron chi connectivity index (χ0n) is 13.5. The van der Waals surface area contributed by atoms with E-state index in [1.807, 2.05) is 25.1 Å². The van der Waals surface area contributed by atoms with E-state index in [2.05, 4.69) is 5.32 Å². The first-order valence-corrected chi connectivity index (χ1v) is 7.68. The van der Waals surface area contributed by atoms with Gasteiger partial charge in [-0.3, -0.25) is 4.79 Å². The van der Waals surface area contributed by atoms with E-state index in [0.717, 1.165) is 16.1 Å². The average molecular weight is 334 g/mol. The summed E-state index contributed by atoms with van der Waals surface area (Å²) >= 11 is 6.09. The predicted octanol–water partition coefficient (Wildman–Crippen LogP) is 4.24. The summed E-state index contributed by atoms with van der Waals surface area (Å²) in [6.45, 7) is 1.95. The molecule has 0 aromatic heterocycles. The second-order valence-corrected chi connectivity index (χ2v) is 5.61. The molecule has 0 unspecified atom stereocenters. The Bertz CT molecular complexity index is 701. The minimum Gasteiger partial charge on any atom is -0.493 e. The number of aryl methyl sites for hydroxylation is 2. The maximum atomic E-state index is 12.1. The fourth-order valence-electron chi connectivity index (χ4n) is 2.19. The van der Waals surface area contributed by atoms with Crippen LogP contribution in [0.1, 0.15) is 17.5 Å². The fraction of sp³-hybridized carbons (Fsp3) is 0.278. The number of halogens is 1. The molecule has 0 aliphatic rings. The number of ether oxygens (including phenoxy) is 2. The highest BCUT2D eigenvalue weighted by molar-refractivity contribution is 6.31. The minimum absolute atomic E-state index is 0.0612. The van der Waals surface area contributed by atoms with E-state index in [-0.39, 0.29) is 5.91 Å². The number of amides is 1. The summed E-state index contributed by atoms with van der Waals surface area (Å²) in [6.07, 6.45) is 1.02. The van der Waals surface area contributed by atoms with Gasteiger partial charge in [0.25, 0.3) is 0 Å².